The number of rotatable bonds is 7. The molecule has 0 aromatic rings. The summed E-state index contributed by atoms with van der Waals surface area (Å²) in [5.41, 5.74) is -0.0967. The van der Waals surface area contributed by atoms with E-state index >= 15 is 0 Å². The van der Waals surface area contributed by atoms with Gasteiger partial charge in [-0.15, -0.1) is 0 Å². The molecule has 5 atom stereocenters. The lowest BCUT2D eigenvalue weighted by molar-refractivity contribution is -0.243. The minimum absolute atomic E-state index is 0.217. The highest BCUT2D eigenvalue weighted by Gasteiger charge is 2.59. The Morgan fingerprint density at radius 2 is 2.13 bits per heavy atom. The average molecular weight is 322 g/mol. The van der Waals surface area contributed by atoms with Gasteiger partial charge in [0.2, 0.25) is 0 Å². The van der Waals surface area contributed by atoms with E-state index in [0.29, 0.717) is 12.2 Å². The van der Waals surface area contributed by atoms with Crippen molar-refractivity contribution in [1.82, 2.24) is 0 Å². The van der Waals surface area contributed by atoms with Crippen LogP contribution in [0.3, 0.4) is 0 Å². The summed E-state index contributed by atoms with van der Waals surface area (Å²) >= 11 is 0. The normalized spacial score (nSPS) is 37.0. The summed E-state index contributed by atoms with van der Waals surface area (Å²) in [6.45, 7) is 9.98. The number of hydrogen-bond donors (Lipinski definition) is 0. The van der Waals surface area contributed by atoms with Crippen LogP contribution in [0.1, 0.15) is 19.8 Å². The number of carbonyl (C=O) groups is 1. The van der Waals surface area contributed by atoms with Crippen molar-refractivity contribution in [3.63, 3.8) is 0 Å². The predicted octanol–water partition coefficient (Wildman–Crippen LogP) is 2.43. The van der Waals surface area contributed by atoms with E-state index < -0.39 is 5.60 Å². The van der Waals surface area contributed by atoms with E-state index in [1.54, 1.807) is 20.3 Å². The van der Waals surface area contributed by atoms with Crippen LogP contribution in [0, 0.1) is 5.92 Å². The third kappa shape index (κ3) is 3.42. The molecule has 0 unspecified atom stereocenters. The first-order valence-corrected chi connectivity index (χ1v) is 7.85. The molecule has 2 heterocycles. The van der Waals surface area contributed by atoms with Crippen LogP contribution in [-0.4, -0.2) is 50.7 Å². The number of hydrogen-bond acceptors (Lipinski definition) is 5. The number of esters is 1. The number of fused-ring (bicyclic) bond motifs is 1. The quantitative estimate of drug-likeness (QED) is 0.409. The molecule has 0 radical (unpaired) electrons. The van der Waals surface area contributed by atoms with E-state index in [0.717, 1.165) is 12.8 Å². The Balaban J connectivity index is 2.28. The van der Waals surface area contributed by atoms with Crippen LogP contribution in [0.15, 0.2) is 37.0 Å². The lowest BCUT2D eigenvalue weighted by Gasteiger charge is -2.48. The Kier molecular flexibility index (Phi) is 5.79. The first-order chi connectivity index (χ1) is 11.0. The van der Waals surface area contributed by atoms with Crippen LogP contribution in [0.5, 0.6) is 0 Å². The Morgan fingerprint density at radius 3 is 2.74 bits per heavy atom. The molecule has 0 amide bonds. The fourth-order valence-corrected chi connectivity index (χ4v) is 3.62. The van der Waals surface area contributed by atoms with Crippen molar-refractivity contribution in [1.29, 1.82) is 0 Å². The molecule has 5 heteroatoms. The van der Waals surface area contributed by atoms with Crippen LogP contribution in [0.2, 0.25) is 0 Å². The molecule has 5 nitrogen and oxygen atoms in total. The van der Waals surface area contributed by atoms with Gasteiger partial charge >= 0.3 is 5.97 Å². The first-order valence-electron chi connectivity index (χ1n) is 7.85. The number of carbonyl (C=O) groups excluding carboxylic acids is 1. The summed E-state index contributed by atoms with van der Waals surface area (Å²) < 4.78 is 22.7. The predicted molar refractivity (Wildman–Crippen MR) is 87.0 cm³/mol. The number of ether oxygens (including phenoxy) is 4. The van der Waals surface area contributed by atoms with Gasteiger partial charge in [0.1, 0.15) is 18.3 Å². The molecule has 0 aromatic carbocycles. The molecule has 0 N–H and O–H groups in total. The van der Waals surface area contributed by atoms with Gasteiger partial charge in [0, 0.05) is 19.8 Å². The van der Waals surface area contributed by atoms with E-state index in [2.05, 4.69) is 13.2 Å². The van der Waals surface area contributed by atoms with Crippen molar-refractivity contribution in [2.75, 3.05) is 20.8 Å². The monoisotopic (exact) mass is 322 g/mol. The maximum atomic E-state index is 12.0. The highest BCUT2D eigenvalue weighted by Crippen LogP contribution is 2.47. The fraction of sp³-hybridized carbons (Fsp3) is 0.611. The first kappa shape index (κ1) is 17.9. The van der Waals surface area contributed by atoms with Gasteiger partial charge in [0.15, 0.2) is 0 Å². The third-order valence-electron chi connectivity index (χ3n) is 4.66. The molecule has 23 heavy (non-hydrogen) atoms. The Hall–Kier alpha value is -1.43. The van der Waals surface area contributed by atoms with Gasteiger partial charge in [0.05, 0.1) is 18.1 Å². The summed E-state index contributed by atoms with van der Waals surface area (Å²) in [6, 6.07) is 0. The van der Waals surface area contributed by atoms with Crippen molar-refractivity contribution < 1.29 is 23.7 Å². The molecule has 2 saturated heterocycles. The van der Waals surface area contributed by atoms with Gasteiger partial charge in [0.25, 0.3) is 0 Å². The molecule has 0 aliphatic carbocycles. The van der Waals surface area contributed by atoms with Gasteiger partial charge in [-0.05, 0) is 19.8 Å². The summed E-state index contributed by atoms with van der Waals surface area (Å²) in [4.78, 5) is 12.0. The van der Waals surface area contributed by atoms with Crippen molar-refractivity contribution in [3.8, 4) is 0 Å². The molecule has 0 saturated carbocycles. The minimum atomic E-state index is -0.558. The van der Waals surface area contributed by atoms with Gasteiger partial charge in [-0.1, -0.05) is 31.4 Å². The summed E-state index contributed by atoms with van der Waals surface area (Å²) in [6.07, 6.45) is 6.18. The van der Waals surface area contributed by atoms with Crippen LogP contribution >= 0.6 is 0 Å². The Bertz CT molecular complexity index is 498. The van der Waals surface area contributed by atoms with E-state index in [1.165, 1.54) is 0 Å². The van der Waals surface area contributed by atoms with E-state index in [9.17, 15) is 4.79 Å². The molecule has 0 bridgehead atoms. The molecular weight excluding hydrogens is 296 g/mol. The third-order valence-corrected chi connectivity index (χ3v) is 4.66. The number of methoxy groups -OCH3 is 2. The summed E-state index contributed by atoms with van der Waals surface area (Å²) in [7, 11) is 3.21. The molecule has 0 aromatic heterocycles. The highest BCUT2D eigenvalue weighted by molar-refractivity contribution is 5.91. The highest BCUT2D eigenvalue weighted by atomic mass is 16.6. The van der Waals surface area contributed by atoms with Gasteiger partial charge in [-0.3, -0.25) is 0 Å². The lowest BCUT2D eigenvalue weighted by Crippen LogP contribution is -2.60. The average Bonchev–Trinajstić information content (AvgIpc) is 2.81. The standard InChI is InChI=1S/C18H26O5/c1-6-7-8-9-10-18(3)14-12(2)17(19)22-16(14)15(21-5)13(23-18)11-20-4/h6-8,13-16H,1-2,9-11H2,3-5H3/b8-7+/t13-,14+,15-,16-,18-/m1/s1. The second-order valence-corrected chi connectivity index (χ2v) is 6.20. The zero-order valence-corrected chi connectivity index (χ0v) is 14.1. The Labute approximate surface area is 137 Å². The molecule has 2 rings (SSSR count). The summed E-state index contributed by atoms with van der Waals surface area (Å²) in [5, 5.41) is 0. The van der Waals surface area contributed by atoms with Crippen LogP contribution in [0.25, 0.3) is 0 Å². The molecule has 2 aliphatic rings. The molecule has 0 spiro atoms. The van der Waals surface area contributed by atoms with Gasteiger partial charge < -0.3 is 18.9 Å². The zero-order valence-electron chi connectivity index (χ0n) is 14.1. The van der Waals surface area contributed by atoms with E-state index in [-0.39, 0.29) is 30.2 Å². The lowest BCUT2D eigenvalue weighted by atomic mass is 9.73. The van der Waals surface area contributed by atoms with Gasteiger partial charge in [-0.2, -0.15) is 0 Å². The zero-order chi connectivity index (χ0) is 17.0. The maximum Gasteiger partial charge on any atom is 0.334 e. The maximum absolute atomic E-state index is 12.0. The topological polar surface area (TPSA) is 54.0 Å². The number of allylic oxidation sites excluding steroid dienone is 3. The largest absolute Gasteiger partial charge is 0.455 e. The SMILES string of the molecule is C=C/C=C/CC[C@@]1(C)O[C@H](COC)[C@@H](OC)[C@@H]2OC(=O)C(=C)[C@@H]21. The van der Waals surface area contributed by atoms with Gasteiger partial charge in [-0.25, -0.2) is 4.79 Å². The molecular formula is C18H26O5. The minimum Gasteiger partial charge on any atom is -0.455 e. The van der Waals surface area contributed by atoms with Crippen molar-refractivity contribution >= 4 is 5.97 Å². The Morgan fingerprint density at radius 1 is 1.39 bits per heavy atom. The fourth-order valence-electron chi connectivity index (χ4n) is 3.62. The van der Waals surface area contributed by atoms with Crippen LogP contribution < -0.4 is 0 Å². The van der Waals surface area contributed by atoms with E-state index in [4.69, 9.17) is 18.9 Å². The van der Waals surface area contributed by atoms with Crippen LogP contribution in [-0.2, 0) is 23.7 Å². The van der Waals surface area contributed by atoms with E-state index in [1.807, 2.05) is 19.1 Å². The summed E-state index contributed by atoms with van der Waals surface area (Å²) in [5.74, 6) is -0.582. The van der Waals surface area contributed by atoms with Crippen molar-refractivity contribution in [2.45, 2.75) is 43.7 Å². The smallest absolute Gasteiger partial charge is 0.334 e. The molecule has 2 aliphatic heterocycles. The second-order valence-electron chi connectivity index (χ2n) is 6.20. The van der Waals surface area contributed by atoms with Crippen molar-refractivity contribution in [2.24, 2.45) is 5.92 Å². The van der Waals surface area contributed by atoms with Crippen LogP contribution in [0.4, 0.5) is 0 Å². The molecule has 128 valence electrons. The molecule has 2 fully saturated rings. The van der Waals surface area contributed by atoms with Crippen molar-refractivity contribution in [3.05, 3.63) is 37.0 Å². The second kappa shape index (κ2) is 7.43.